The van der Waals surface area contributed by atoms with Gasteiger partial charge in [-0.15, -0.1) is 0 Å². The Labute approximate surface area is 140 Å². The predicted octanol–water partition coefficient (Wildman–Crippen LogP) is 2.37. The van der Waals surface area contributed by atoms with Crippen LogP contribution in [-0.2, 0) is 10.0 Å². The number of furan rings is 1. The third-order valence-corrected chi connectivity index (χ3v) is 4.80. The van der Waals surface area contributed by atoms with Crippen molar-refractivity contribution in [3.63, 3.8) is 0 Å². The number of carbonyl (C=O) groups is 1. The summed E-state index contributed by atoms with van der Waals surface area (Å²) in [5.74, 6) is -0.101. The van der Waals surface area contributed by atoms with E-state index in [4.69, 9.17) is 9.15 Å². The fraction of sp³-hybridized carbons (Fsp3) is 0.312. The Hall–Kier alpha value is -2.32. The first-order valence-corrected chi connectivity index (χ1v) is 9.13. The molecule has 1 heterocycles. The van der Waals surface area contributed by atoms with Crippen molar-refractivity contribution >= 4 is 21.6 Å². The van der Waals surface area contributed by atoms with Crippen molar-refractivity contribution in [3.8, 4) is 5.75 Å². The Balaban J connectivity index is 1.74. The molecule has 1 amide bonds. The van der Waals surface area contributed by atoms with E-state index in [2.05, 4.69) is 10.0 Å². The summed E-state index contributed by atoms with van der Waals surface area (Å²) in [6.07, 6.45) is 1.64. The summed E-state index contributed by atoms with van der Waals surface area (Å²) in [6, 6.07) is 9.55. The van der Waals surface area contributed by atoms with Gasteiger partial charge in [0.1, 0.15) is 5.75 Å². The van der Waals surface area contributed by atoms with E-state index in [1.165, 1.54) is 12.1 Å². The molecule has 8 heteroatoms. The highest BCUT2D eigenvalue weighted by Gasteiger charge is 2.30. The van der Waals surface area contributed by atoms with Gasteiger partial charge in [0.15, 0.2) is 5.76 Å². The Kier molecular flexibility index (Phi) is 4.59. The van der Waals surface area contributed by atoms with E-state index in [-0.39, 0.29) is 16.9 Å². The summed E-state index contributed by atoms with van der Waals surface area (Å²) in [7, 11) is -3.72. The minimum atomic E-state index is -3.72. The van der Waals surface area contributed by atoms with Crippen LogP contribution in [-0.4, -0.2) is 27.0 Å². The molecule has 1 saturated carbocycles. The van der Waals surface area contributed by atoms with E-state index < -0.39 is 15.9 Å². The fourth-order valence-electron chi connectivity index (χ4n) is 2.10. The lowest BCUT2D eigenvalue weighted by atomic mass is 10.3. The topological polar surface area (TPSA) is 97.6 Å². The highest BCUT2D eigenvalue weighted by molar-refractivity contribution is 7.89. The zero-order valence-electron chi connectivity index (χ0n) is 13.1. The van der Waals surface area contributed by atoms with Gasteiger partial charge in [0.05, 0.1) is 12.3 Å². The molecule has 3 rings (SSSR count). The smallest absolute Gasteiger partial charge is 0.291 e. The number of para-hydroxylation sites is 2. The molecule has 128 valence electrons. The van der Waals surface area contributed by atoms with Gasteiger partial charge in [-0.2, -0.15) is 0 Å². The van der Waals surface area contributed by atoms with E-state index in [0.29, 0.717) is 18.0 Å². The van der Waals surface area contributed by atoms with Gasteiger partial charge in [-0.1, -0.05) is 12.1 Å². The highest BCUT2D eigenvalue weighted by Crippen LogP contribution is 2.26. The Bertz CT molecular complexity index is 840. The van der Waals surface area contributed by atoms with E-state index >= 15 is 0 Å². The zero-order valence-corrected chi connectivity index (χ0v) is 13.9. The number of nitrogens with one attached hydrogen (secondary N) is 2. The molecule has 1 fully saturated rings. The zero-order chi connectivity index (χ0) is 17.2. The second kappa shape index (κ2) is 6.66. The van der Waals surface area contributed by atoms with Crippen molar-refractivity contribution in [2.75, 3.05) is 11.9 Å². The molecule has 2 aromatic rings. The molecule has 7 nitrogen and oxygen atoms in total. The number of carbonyl (C=O) groups excluding carboxylic acids is 1. The molecular formula is C16H18N2O5S. The summed E-state index contributed by atoms with van der Waals surface area (Å²) in [6.45, 7) is 2.30. The maximum Gasteiger partial charge on any atom is 0.291 e. The third-order valence-electron chi connectivity index (χ3n) is 3.40. The summed E-state index contributed by atoms with van der Waals surface area (Å²) in [5, 5.41) is 2.39. The van der Waals surface area contributed by atoms with Gasteiger partial charge in [0.2, 0.25) is 5.09 Å². The van der Waals surface area contributed by atoms with Gasteiger partial charge in [-0.25, -0.2) is 13.1 Å². The number of benzene rings is 1. The normalized spacial score (nSPS) is 14.4. The van der Waals surface area contributed by atoms with Gasteiger partial charge < -0.3 is 14.5 Å². The molecule has 1 aliphatic carbocycles. The Morgan fingerprint density at radius 1 is 1.25 bits per heavy atom. The molecule has 2 N–H and O–H groups in total. The van der Waals surface area contributed by atoms with E-state index in [1.54, 1.807) is 24.3 Å². The lowest BCUT2D eigenvalue weighted by molar-refractivity contribution is 0.0991. The van der Waals surface area contributed by atoms with E-state index in [9.17, 15) is 13.2 Å². The molecule has 0 aliphatic heterocycles. The lowest BCUT2D eigenvalue weighted by Crippen LogP contribution is -2.25. The molecule has 0 bridgehead atoms. The molecular weight excluding hydrogens is 332 g/mol. The van der Waals surface area contributed by atoms with Gasteiger partial charge in [-0.05, 0) is 44.0 Å². The number of hydrogen-bond acceptors (Lipinski definition) is 5. The van der Waals surface area contributed by atoms with Crippen LogP contribution >= 0.6 is 0 Å². The van der Waals surface area contributed by atoms with Gasteiger partial charge in [0, 0.05) is 6.04 Å². The molecule has 1 aliphatic rings. The average Bonchev–Trinajstić information content (AvgIpc) is 3.19. The standard InChI is InChI=1S/C16H18N2O5S/c1-2-22-13-6-4-3-5-12(13)17-16(19)14-9-10-15(23-14)24(20,21)18-11-7-8-11/h3-6,9-11,18H,2,7-8H2,1H3,(H,17,19). The Morgan fingerprint density at radius 2 is 2.00 bits per heavy atom. The largest absolute Gasteiger partial charge is 0.492 e. The van der Waals surface area contributed by atoms with Crippen LogP contribution in [0.15, 0.2) is 45.9 Å². The minimum absolute atomic E-state index is 0.0320. The van der Waals surface area contributed by atoms with Crippen LogP contribution in [0.4, 0.5) is 5.69 Å². The highest BCUT2D eigenvalue weighted by atomic mass is 32.2. The van der Waals surface area contributed by atoms with Crippen LogP contribution in [0.1, 0.15) is 30.3 Å². The second-order valence-electron chi connectivity index (χ2n) is 5.40. The predicted molar refractivity (Wildman–Crippen MR) is 87.6 cm³/mol. The summed E-state index contributed by atoms with van der Waals surface area (Å²) >= 11 is 0. The Morgan fingerprint density at radius 3 is 2.71 bits per heavy atom. The van der Waals surface area contributed by atoms with Crippen molar-refractivity contribution in [2.24, 2.45) is 0 Å². The fourth-order valence-corrected chi connectivity index (χ4v) is 3.34. The van der Waals surface area contributed by atoms with Crippen molar-refractivity contribution in [1.82, 2.24) is 4.72 Å². The lowest BCUT2D eigenvalue weighted by Gasteiger charge is -2.10. The van der Waals surface area contributed by atoms with Crippen LogP contribution in [0.25, 0.3) is 0 Å². The van der Waals surface area contributed by atoms with E-state index in [1.807, 2.05) is 6.92 Å². The van der Waals surface area contributed by atoms with Crippen molar-refractivity contribution in [2.45, 2.75) is 30.9 Å². The van der Waals surface area contributed by atoms with Crippen LogP contribution in [0.5, 0.6) is 5.75 Å². The molecule has 0 saturated heterocycles. The van der Waals surface area contributed by atoms with Gasteiger partial charge in [-0.3, -0.25) is 4.79 Å². The summed E-state index contributed by atoms with van der Waals surface area (Å²) < 4.78 is 37.3. The quantitative estimate of drug-likeness (QED) is 0.799. The molecule has 1 aromatic carbocycles. The molecule has 24 heavy (non-hydrogen) atoms. The van der Waals surface area contributed by atoms with E-state index in [0.717, 1.165) is 12.8 Å². The maximum atomic E-state index is 12.3. The number of anilines is 1. The molecule has 1 aromatic heterocycles. The minimum Gasteiger partial charge on any atom is -0.492 e. The van der Waals surface area contributed by atoms with Crippen LogP contribution < -0.4 is 14.8 Å². The first-order chi connectivity index (χ1) is 11.5. The average molecular weight is 350 g/mol. The van der Waals surface area contributed by atoms with Gasteiger partial charge >= 0.3 is 0 Å². The van der Waals surface area contributed by atoms with Crippen molar-refractivity contribution in [3.05, 3.63) is 42.2 Å². The van der Waals surface area contributed by atoms with Crippen LogP contribution in [0.2, 0.25) is 0 Å². The molecule has 0 radical (unpaired) electrons. The summed E-state index contributed by atoms with van der Waals surface area (Å²) in [4.78, 5) is 12.3. The number of sulfonamides is 1. The molecule has 0 unspecified atom stereocenters. The number of rotatable bonds is 7. The van der Waals surface area contributed by atoms with Crippen molar-refractivity contribution in [1.29, 1.82) is 0 Å². The monoisotopic (exact) mass is 350 g/mol. The number of ether oxygens (including phenoxy) is 1. The van der Waals surface area contributed by atoms with Crippen LogP contribution in [0.3, 0.4) is 0 Å². The number of amides is 1. The third kappa shape index (κ3) is 3.77. The molecule has 0 spiro atoms. The van der Waals surface area contributed by atoms with Gasteiger partial charge in [0.25, 0.3) is 15.9 Å². The first kappa shape index (κ1) is 16.5. The first-order valence-electron chi connectivity index (χ1n) is 7.65. The molecule has 0 atom stereocenters. The summed E-state index contributed by atoms with van der Waals surface area (Å²) in [5.41, 5.74) is 0.487. The SMILES string of the molecule is CCOc1ccccc1NC(=O)c1ccc(S(=O)(=O)NC2CC2)o1. The maximum absolute atomic E-state index is 12.3. The number of hydrogen-bond donors (Lipinski definition) is 2. The second-order valence-corrected chi connectivity index (χ2v) is 7.04. The van der Waals surface area contributed by atoms with Crippen LogP contribution in [0, 0.1) is 0 Å². The van der Waals surface area contributed by atoms with Crippen molar-refractivity contribution < 1.29 is 22.4 Å².